The quantitative estimate of drug-likeness (QED) is 0.925. The molecule has 0 saturated heterocycles. The number of carbonyl (C=O) groups is 1. The molecular formula is C17H24ClNO3. The van der Waals surface area contributed by atoms with Crippen molar-refractivity contribution in [1.29, 1.82) is 0 Å². The summed E-state index contributed by atoms with van der Waals surface area (Å²) in [5.74, 6) is 0.513. The lowest BCUT2D eigenvalue weighted by Gasteiger charge is -2.36. The Hall–Kier alpha value is -1.26. The van der Waals surface area contributed by atoms with Crippen molar-refractivity contribution in [2.45, 2.75) is 57.8 Å². The molecule has 0 radical (unpaired) electrons. The highest BCUT2D eigenvalue weighted by atomic mass is 35.5. The highest BCUT2D eigenvalue weighted by Crippen LogP contribution is 2.25. The van der Waals surface area contributed by atoms with Crippen LogP contribution in [0.4, 0.5) is 0 Å². The van der Waals surface area contributed by atoms with Crippen molar-refractivity contribution in [2.75, 3.05) is 7.05 Å². The summed E-state index contributed by atoms with van der Waals surface area (Å²) >= 11 is 5.99. The SMILES string of the molecule is Cc1cc(O[C@@H](C)C(=O)N(C)[C@@H]2CCCC[C@H]2O)ccc1Cl. The lowest BCUT2D eigenvalue weighted by atomic mass is 9.91. The van der Waals surface area contributed by atoms with Crippen LogP contribution in [-0.2, 0) is 4.79 Å². The first-order valence-corrected chi connectivity index (χ1v) is 8.15. The van der Waals surface area contributed by atoms with Gasteiger partial charge in [-0.15, -0.1) is 0 Å². The first kappa shape index (κ1) is 17.1. The molecule has 1 saturated carbocycles. The Bertz CT molecular complexity index is 535. The van der Waals surface area contributed by atoms with Crippen molar-refractivity contribution in [1.82, 2.24) is 4.90 Å². The molecule has 1 N–H and O–H groups in total. The fraction of sp³-hybridized carbons (Fsp3) is 0.588. The highest BCUT2D eigenvalue weighted by molar-refractivity contribution is 6.31. The fourth-order valence-corrected chi connectivity index (χ4v) is 3.06. The number of hydrogen-bond donors (Lipinski definition) is 1. The number of aliphatic hydroxyl groups is 1. The van der Waals surface area contributed by atoms with Gasteiger partial charge in [0.15, 0.2) is 6.10 Å². The summed E-state index contributed by atoms with van der Waals surface area (Å²) in [6.45, 7) is 3.63. The largest absolute Gasteiger partial charge is 0.481 e. The predicted molar refractivity (Wildman–Crippen MR) is 87.3 cm³/mol. The van der Waals surface area contributed by atoms with Crippen molar-refractivity contribution in [2.24, 2.45) is 0 Å². The van der Waals surface area contributed by atoms with Crippen molar-refractivity contribution in [3.63, 3.8) is 0 Å². The van der Waals surface area contributed by atoms with Gasteiger partial charge in [-0.05, 0) is 50.5 Å². The van der Waals surface area contributed by atoms with E-state index in [-0.39, 0.29) is 11.9 Å². The zero-order valence-corrected chi connectivity index (χ0v) is 14.1. The number of carbonyl (C=O) groups excluding carboxylic acids is 1. The molecule has 5 heteroatoms. The number of aliphatic hydroxyl groups excluding tert-OH is 1. The maximum atomic E-state index is 12.5. The molecule has 1 amide bonds. The minimum atomic E-state index is -0.597. The van der Waals surface area contributed by atoms with Crippen LogP contribution in [-0.4, -0.2) is 41.2 Å². The number of likely N-dealkylation sites (N-methyl/N-ethyl adjacent to an activating group) is 1. The summed E-state index contributed by atoms with van der Waals surface area (Å²) in [7, 11) is 1.74. The molecule has 2 rings (SSSR count). The molecule has 0 unspecified atom stereocenters. The van der Waals surface area contributed by atoms with E-state index in [0.717, 1.165) is 31.2 Å². The summed E-state index contributed by atoms with van der Waals surface area (Å²) in [5, 5.41) is 10.8. The Morgan fingerprint density at radius 3 is 2.73 bits per heavy atom. The summed E-state index contributed by atoms with van der Waals surface area (Å²) in [4.78, 5) is 14.1. The van der Waals surface area contributed by atoms with E-state index in [4.69, 9.17) is 16.3 Å². The Morgan fingerprint density at radius 2 is 2.09 bits per heavy atom. The van der Waals surface area contributed by atoms with Crippen molar-refractivity contribution < 1.29 is 14.6 Å². The second-order valence-electron chi connectivity index (χ2n) is 6.04. The molecular weight excluding hydrogens is 302 g/mol. The number of nitrogens with zero attached hydrogens (tertiary/aromatic N) is 1. The smallest absolute Gasteiger partial charge is 0.263 e. The van der Waals surface area contributed by atoms with Crippen LogP contribution in [0.25, 0.3) is 0 Å². The topological polar surface area (TPSA) is 49.8 Å². The number of rotatable bonds is 4. The first-order valence-electron chi connectivity index (χ1n) is 7.77. The van der Waals surface area contributed by atoms with Crippen LogP contribution in [0.5, 0.6) is 5.75 Å². The summed E-state index contributed by atoms with van der Waals surface area (Å²) < 4.78 is 5.73. The van der Waals surface area contributed by atoms with Gasteiger partial charge in [-0.3, -0.25) is 4.79 Å². The first-order chi connectivity index (χ1) is 10.4. The number of aryl methyl sites for hydroxylation is 1. The van der Waals surface area contributed by atoms with Crippen LogP contribution in [0.1, 0.15) is 38.2 Å². The Kier molecular flexibility index (Phi) is 5.70. The van der Waals surface area contributed by atoms with E-state index >= 15 is 0 Å². The lowest BCUT2D eigenvalue weighted by molar-refractivity contribution is -0.142. The molecule has 0 aromatic heterocycles. The van der Waals surface area contributed by atoms with E-state index in [1.807, 2.05) is 13.0 Å². The van der Waals surface area contributed by atoms with Gasteiger partial charge in [-0.2, -0.15) is 0 Å². The van der Waals surface area contributed by atoms with Gasteiger partial charge in [-0.25, -0.2) is 0 Å². The Balaban J connectivity index is 2.00. The van der Waals surface area contributed by atoms with Gasteiger partial charge in [0.25, 0.3) is 5.91 Å². The van der Waals surface area contributed by atoms with E-state index in [9.17, 15) is 9.90 Å². The number of ether oxygens (including phenoxy) is 1. The number of benzene rings is 1. The molecule has 0 aliphatic heterocycles. The lowest BCUT2D eigenvalue weighted by Crippen LogP contribution is -2.50. The zero-order valence-electron chi connectivity index (χ0n) is 13.4. The molecule has 1 fully saturated rings. The molecule has 1 aromatic carbocycles. The summed E-state index contributed by atoms with van der Waals surface area (Å²) in [6.07, 6.45) is 2.64. The maximum absolute atomic E-state index is 12.5. The van der Waals surface area contributed by atoms with Gasteiger partial charge in [0.2, 0.25) is 0 Å². The third-order valence-electron chi connectivity index (χ3n) is 4.33. The monoisotopic (exact) mass is 325 g/mol. The van der Waals surface area contributed by atoms with Gasteiger partial charge in [0.05, 0.1) is 12.1 Å². The molecule has 0 bridgehead atoms. The van der Waals surface area contributed by atoms with Gasteiger partial charge in [0, 0.05) is 12.1 Å². The van der Waals surface area contributed by atoms with Crippen molar-refractivity contribution >= 4 is 17.5 Å². The molecule has 4 nitrogen and oxygen atoms in total. The third kappa shape index (κ3) is 3.93. The van der Waals surface area contributed by atoms with E-state index in [1.54, 1.807) is 31.0 Å². The van der Waals surface area contributed by atoms with Gasteiger partial charge in [-0.1, -0.05) is 24.4 Å². The molecule has 22 heavy (non-hydrogen) atoms. The Labute approximate surface area is 137 Å². The fourth-order valence-electron chi connectivity index (χ4n) is 2.94. The van der Waals surface area contributed by atoms with E-state index < -0.39 is 12.2 Å². The standard InChI is InChI=1S/C17H24ClNO3/c1-11-10-13(8-9-14(11)18)22-12(2)17(21)19(3)15-6-4-5-7-16(15)20/h8-10,12,15-16,20H,4-7H2,1-3H3/t12-,15+,16+/m0/s1. The van der Waals surface area contributed by atoms with Gasteiger partial charge in [0.1, 0.15) is 5.75 Å². The molecule has 1 aromatic rings. The van der Waals surface area contributed by atoms with E-state index in [0.29, 0.717) is 10.8 Å². The molecule has 1 aliphatic rings. The predicted octanol–water partition coefficient (Wildman–Crippen LogP) is 3.18. The van der Waals surface area contributed by atoms with Crippen LogP contribution in [0.15, 0.2) is 18.2 Å². The van der Waals surface area contributed by atoms with Crippen LogP contribution in [0.3, 0.4) is 0 Å². The van der Waals surface area contributed by atoms with Crippen molar-refractivity contribution in [3.8, 4) is 5.75 Å². The number of hydrogen-bond acceptors (Lipinski definition) is 3. The number of amides is 1. The summed E-state index contributed by atoms with van der Waals surface area (Å²) in [5.41, 5.74) is 0.912. The molecule has 0 heterocycles. The molecule has 122 valence electrons. The zero-order chi connectivity index (χ0) is 16.3. The highest BCUT2D eigenvalue weighted by Gasteiger charge is 2.31. The molecule has 3 atom stereocenters. The molecule has 0 spiro atoms. The van der Waals surface area contributed by atoms with Crippen LogP contribution >= 0.6 is 11.6 Å². The van der Waals surface area contributed by atoms with Crippen LogP contribution < -0.4 is 4.74 Å². The third-order valence-corrected chi connectivity index (χ3v) is 4.75. The minimum Gasteiger partial charge on any atom is -0.481 e. The second kappa shape index (κ2) is 7.34. The van der Waals surface area contributed by atoms with E-state index in [1.165, 1.54) is 0 Å². The average molecular weight is 326 g/mol. The Morgan fingerprint density at radius 1 is 1.41 bits per heavy atom. The average Bonchev–Trinajstić information content (AvgIpc) is 2.50. The van der Waals surface area contributed by atoms with Gasteiger partial charge >= 0.3 is 0 Å². The molecule has 1 aliphatic carbocycles. The van der Waals surface area contributed by atoms with Gasteiger partial charge < -0.3 is 14.7 Å². The maximum Gasteiger partial charge on any atom is 0.263 e. The van der Waals surface area contributed by atoms with Crippen LogP contribution in [0.2, 0.25) is 5.02 Å². The summed E-state index contributed by atoms with van der Waals surface area (Å²) in [6, 6.07) is 5.23. The minimum absolute atomic E-state index is 0.112. The number of halogens is 1. The normalized spacial score (nSPS) is 23.0. The van der Waals surface area contributed by atoms with E-state index in [2.05, 4.69) is 0 Å². The van der Waals surface area contributed by atoms with Crippen LogP contribution in [0, 0.1) is 6.92 Å². The van der Waals surface area contributed by atoms with Crippen molar-refractivity contribution in [3.05, 3.63) is 28.8 Å². The second-order valence-corrected chi connectivity index (χ2v) is 6.45.